The number of amides is 1. The molecule has 0 atom stereocenters. The third-order valence-corrected chi connectivity index (χ3v) is 2.49. The lowest BCUT2D eigenvalue weighted by molar-refractivity contribution is -0.121. The number of ether oxygens (including phenoxy) is 1. The van der Waals surface area contributed by atoms with Crippen LogP contribution in [0.5, 0.6) is 5.75 Å². The molecule has 18 heavy (non-hydrogen) atoms. The zero-order chi connectivity index (χ0) is 13.2. The van der Waals surface area contributed by atoms with Crippen molar-refractivity contribution in [2.24, 2.45) is 0 Å². The number of hydrogen-bond donors (Lipinski definition) is 2. The van der Waals surface area contributed by atoms with E-state index in [0.29, 0.717) is 19.6 Å². The Morgan fingerprint density at radius 3 is 2.94 bits per heavy atom. The van der Waals surface area contributed by atoms with Crippen molar-refractivity contribution in [3.05, 3.63) is 29.8 Å². The minimum absolute atomic E-state index is 0.0133. The minimum Gasteiger partial charge on any atom is -0.493 e. The smallest absolute Gasteiger partial charge is 0.223 e. The first-order valence-corrected chi connectivity index (χ1v) is 6.29. The Hall–Kier alpha value is -1.55. The van der Waals surface area contributed by atoms with E-state index in [0.717, 1.165) is 24.2 Å². The Morgan fingerprint density at radius 2 is 2.22 bits per heavy atom. The van der Waals surface area contributed by atoms with Gasteiger partial charge in [0.05, 0.1) is 13.0 Å². The maximum atomic E-state index is 11.4. The summed E-state index contributed by atoms with van der Waals surface area (Å²) in [5.74, 6) is 0.781. The molecule has 0 aliphatic heterocycles. The molecule has 1 aromatic carbocycles. The van der Waals surface area contributed by atoms with Crippen molar-refractivity contribution in [3.8, 4) is 5.75 Å². The first-order valence-electron chi connectivity index (χ1n) is 6.29. The Kier molecular flexibility index (Phi) is 6.87. The van der Waals surface area contributed by atoms with E-state index in [9.17, 15) is 4.79 Å². The van der Waals surface area contributed by atoms with Crippen LogP contribution in [0.15, 0.2) is 24.3 Å². The summed E-state index contributed by atoms with van der Waals surface area (Å²) in [7, 11) is 0. The molecule has 0 aliphatic carbocycles. The molecule has 2 N–H and O–H groups in total. The third kappa shape index (κ3) is 6.25. The lowest BCUT2D eigenvalue weighted by atomic mass is 10.2. The molecular formula is C14H21NO3. The van der Waals surface area contributed by atoms with E-state index in [1.54, 1.807) is 0 Å². The molecule has 0 unspecified atom stereocenters. The van der Waals surface area contributed by atoms with E-state index < -0.39 is 0 Å². The van der Waals surface area contributed by atoms with E-state index in [-0.39, 0.29) is 12.5 Å². The summed E-state index contributed by atoms with van der Waals surface area (Å²) in [5.41, 5.74) is 1.14. The number of hydrogen-bond acceptors (Lipinski definition) is 3. The molecule has 0 spiro atoms. The summed E-state index contributed by atoms with van der Waals surface area (Å²) in [5, 5.41) is 11.4. The standard InChI is InChI=1S/C14H21NO3/c1-12-5-4-6-13(11-12)18-10-7-14(17)15-8-2-3-9-16/h4-6,11,16H,2-3,7-10H2,1H3,(H,15,17). The highest BCUT2D eigenvalue weighted by atomic mass is 16.5. The Bertz CT molecular complexity index is 366. The van der Waals surface area contributed by atoms with E-state index in [1.807, 2.05) is 31.2 Å². The van der Waals surface area contributed by atoms with Crippen LogP contribution in [0, 0.1) is 6.92 Å². The third-order valence-electron chi connectivity index (χ3n) is 2.49. The second-order valence-corrected chi connectivity index (χ2v) is 4.20. The van der Waals surface area contributed by atoms with Crippen molar-refractivity contribution in [3.63, 3.8) is 0 Å². The first kappa shape index (κ1) is 14.5. The van der Waals surface area contributed by atoms with Crippen molar-refractivity contribution in [1.82, 2.24) is 5.32 Å². The zero-order valence-electron chi connectivity index (χ0n) is 10.8. The van der Waals surface area contributed by atoms with Crippen LogP contribution in [-0.2, 0) is 4.79 Å². The van der Waals surface area contributed by atoms with Gasteiger partial charge in [-0.1, -0.05) is 12.1 Å². The van der Waals surface area contributed by atoms with Crippen molar-refractivity contribution in [2.45, 2.75) is 26.2 Å². The van der Waals surface area contributed by atoms with E-state index >= 15 is 0 Å². The summed E-state index contributed by atoms with van der Waals surface area (Å²) in [4.78, 5) is 11.4. The SMILES string of the molecule is Cc1cccc(OCCC(=O)NCCCCO)c1. The van der Waals surface area contributed by atoms with Crippen molar-refractivity contribution in [1.29, 1.82) is 0 Å². The summed E-state index contributed by atoms with van der Waals surface area (Å²) in [6, 6.07) is 7.76. The van der Waals surface area contributed by atoms with Gasteiger partial charge < -0.3 is 15.2 Å². The molecule has 100 valence electrons. The van der Waals surface area contributed by atoms with Crippen LogP contribution in [0.4, 0.5) is 0 Å². The van der Waals surface area contributed by atoms with Crippen molar-refractivity contribution >= 4 is 5.91 Å². The predicted octanol–water partition coefficient (Wildman–Crippen LogP) is 1.65. The van der Waals surface area contributed by atoms with Crippen LogP contribution < -0.4 is 10.1 Å². The molecule has 0 fully saturated rings. The Morgan fingerprint density at radius 1 is 1.39 bits per heavy atom. The number of aliphatic hydroxyl groups excluding tert-OH is 1. The van der Waals surface area contributed by atoms with Crippen LogP contribution in [0.2, 0.25) is 0 Å². The average molecular weight is 251 g/mol. The van der Waals surface area contributed by atoms with Gasteiger partial charge >= 0.3 is 0 Å². The van der Waals surface area contributed by atoms with Gasteiger partial charge in [-0.05, 0) is 37.5 Å². The average Bonchev–Trinajstić information content (AvgIpc) is 2.35. The highest BCUT2D eigenvalue weighted by Crippen LogP contribution is 2.12. The predicted molar refractivity (Wildman–Crippen MR) is 70.6 cm³/mol. The summed E-state index contributed by atoms with van der Waals surface area (Å²) in [6.07, 6.45) is 1.88. The van der Waals surface area contributed by atoms with Gasteiger partial charge in [0.1, 0.15) is 5.75 Å². The zero-order valence-corrected chi connectivity index (χ0v) is 10.8. The fourth-order valence-electron chi connectivity index (χ4n) is 1.52. The molecule has 0 radical (unpaired) electrons. The van der Waals surface area contributed by atoms with Gasteiger partial charge in [-0.3, -0.25) is 4.79 Å². The second-order valence-electron chi connectivity index (χ2n) is 4.20. The van der Waals surface area contributed by atoms with Crippen molar-refractivity contribution < 1.29 is 14.6 Å². The van der Waals surface area contributed by atoms with E-state index in [1.165, 1.54) is 0 Å². The molecule has 1 rings (SSSR count). The molecule has 0 aliphatic rings. The maximum absolute atomic E-state index is 11.4. The Labute approximate surface area is 108 Å². The number of aryl methyl sites for hydroxylation is 1. The molecule has 1 aromatic rings. The molecular weight excluding hydrogens is 230 g/mol. The molecule has 1 amide bonds. The van der Waals surface area contributed by atoms with Gasteiger partial charge in [-0.25, -0.2) is 0 Å². The number of benzene rings is 1. The Balaban J connectivity index is 2.12. The summed E-state index contributed by atoms with van der Waals surface area (Å²) >= 11 is 0. The molecule has 0 heterocycles. The monoisotopic (exact) mass is 251 g/mol. The van der Waals surface area contributed by atoms with Crippen LogP contribution in [0.1, 0.15) is 24.8 Å². The molecule has 0 bridgehead atoms. The number of unbranched alkanes of at least 4 members (excludes halogenated alkanes) is 1. The molecule has 0 saturated carbocycles. The number of carbonyl (C=O) groups is 1. The van der Waals surface area contributed by atoms with Crippen molar-refractivity contribution in [2.75, 3.05) is 19.8 Å². The van der Waals surface area contributed by atoms with Crippen LogP contribution in [0.3, 0.4) is 0 Å². The largest absolute Gasteiger partial charge is 0.493 e. The molecule has 4 heteroatoms. The minimum atomic E-state index is -0.0133. The lowest BCUT2D eigenvalue weighted by Gasteiger charge is -2.07. The number of nitrogens with one attached hydrogen (secondary N) is 1. The molecule has 0 aromatic heterocycles. The van der Waals surface area contributed by atoms with E-state index in [4.69, 9.17) is 9.84 Å². The highest BCUT2D eigenvalue weighted by Gasteiger charge is 2.01. The second kappa shape index (κ2) is 8.53. The van der Waals surface area contributed by atoms with Gasteiger partial charge in [0.15, 0.2) is 0 Å². The highest BCUT2D eigenvalue weighted by molar-refractivity contribution is 5.75. The summed E-state index contributed by atoms with van der Waals surface area (Å²) in [6.45, 7) is 3.17. The maximum Gasteiger partial charge on any atom is 0.223 e. The van der Waals surface area contributed by atoms with E-state index in [2.05, 4.69) is 5.32 Å². The van der Waals surface area contributed by atoms with Gasteiger partial charge in [-0.15, -0.1) is 0 Å². The van der Waals surface area contributed by atoms with Gasteiger partial charge in [0, 0.05) is 13.2 Å². The normalized spacial score (nSPS) is 10.1. The van der Waals surface area contributed by atoms with Gasteiger partial charge in [-0.2, -0.15) is 0 Å². The van der Waals surface area contributed by atoms with Crippen LogP contribution in [-0.4, -0.2) is 30.8 Å². The molecule has 0 saturated heterocycles. The first-order chi connectivity index (χ1) is 8.72. The lowest BCUT2D eigenvalue weighted by Crippen LogP contribution is -2.26. The number of rotatable bonds is 8. The number of aliphatic hydroxyl groups is 1. The van der Waals surface area contributed by atoms with Gasteiger partial charge in [0.2, 0.25) is 5.91 Å². The molecule has 4 nitrogen and oxygen atoms in total. The van der Waals surface area contributed by atoms with Crippen LogP contribution in [0.25, 0.3) is 0 Å². The fraction of sp³-hybridized carbons (Fsp3) is 0.500. The fourth-order valence-corrected chi connectivity index (χ4v) is 1.52. The topological polar surface area (TPSA) is 58.6 Å². The number of carbonyl (C=O) groups excluding carboxylic acids is 1. The van der Waals surface area contributed by atoms with Crippen LogP contribution >= 0.6 is 0 Å². The van der Waals surface area contributed by atoms with Gasteiger partial charge in [0.25, 0.3) is 0 Å². The summed E-state index contributed by atoms with van der Waals surface area (Å²) < 4.78 is 5.48. The quantitative estimate of drug-likeness (QED) is 0.691.